The number of nitrogens with two attached hydrogens (primary N) is 1. The van der Waals surface area contributed by atoms with Crippen LogP contribution in [0.25, 0.3) is 0 Å². The summed E-state index contributed by atoms with van der Waals surface area (Å²) in [6.45, 7) is 7.67. The van der Waals surface area contributed by atoms with E-state index in [9.17, 15) is 0 Å². The standard InChI is InChI=1S/C11H23N3O/c1-8(2)11(4-5-11)7-13-9(3)6-10(12)14-15/h8-9,13,15H,4-7H2,1-3H3,(H2,12,14). The second-order valence-electron chi connectivity index (χ2n) is 5.09. The first-order valence-electron chi connectivity index (χ1n) is 5.70. The summed E-state index contributed by atoms with van der Waals surface area (Å²) in [6, 6.07) is 0.275. The molecule has 0 aromatic carbocycles. The van der Waals surface area contributed by atoms with Crippen LogP contribution in [-0.4, -0.2) is 23.6 Å². The van der Waals surface area contributed by atoms with Crippen molar-refractivity contribution in [3.8, 4) is 0 Å². The molecule has 4 heteroatoms. The van der Waals surface area contributed by atoms with Gasteiger partial charge in [-0.15, -0.1) is 0 Å². The monoisotopic (exact) mass is 213 g/mol. The second kappa shape index (κ2) is 4.84. The topological polar surface area (TPSA) is 70.6 Å². The Kier molecular flexibility index (Phi) is 3.97. The molecule has 1 rings (SSSR count). The number of oxime groups is 1. The molecule has 88 valence electrons. The van der Waals surface area contributed by atoms with E-state index in [2.05, 4.69) is 31.2 Å². The molecule has 0 radical (unpaired) electrons. The Morgan fingerprint density at radius 3 is 2.47 bits per heavy atom. The highest BCUT2D eigenvalue weighted by Crippen LogP contribution is 2.51. The summed E-state index contributed by atoms with van der Waals surface area (Å²) in [5.41, 5.74) is 5.96. The largest absolute Gasteiger partial charge is 0.409 e. The Morgan fingerprint density at radius 1 is 1.47 bits per heavy atom. The molecule has 0 amide bonds. The van der Waals surface area contributed by atoms with Crippen LogP contribution in [0.3, 0.4) is 0 Å². The van der Waals surface area contributed by atoms with E-state index in [-0.39, 0.29) is 6.04 Å². The van der Waals surface area contributed by atoms with E-state index in [1.807, 2.05) is 0 Å². The number of amidine groups is 1. The third-order valence-corrected chi connectivity index (χ3v) is 3.56. The first kappa shape index (κ1) is 12.3. The summed E-state index contributed by atoms with van der Waals surface area (Å²) in [5.74, 6) is 1.03. The van der Waals surface area contributed by atoms with Crippen LogP contribution < -0.4 is 11.1 Å². The molecular formula is C11H23N3O. The summed E-state index contributed by atoms with van der Waals surface area (Å²) in [4.78, 5) is 0. The molecule has 0 aromatic heterocycles. The maximum atomic E-state index is 8.45. The minimum Gasteiger partial charge on any atom is -0.409 e. The summed E-state index contributed by atoms with van der Waals surface area (Å²) in [5, 5.41) is 14.9. The van der Waals surface area contributed by atoms with Crippen LogP contribution in [0.1, 0.15) is 40.0 Å². The first-order chi connectivity index (χ1) is 7.00. The molecule has 1 aliphatic rings. The van der Waals surface area contributed by atoms with E-state index in [1.165, 1.54) is 12.8 Å². The van der Waals surface area contributed by atoms with Gasteiger partial charge in [-0.2, -0.15) is 0 Å². The van der Waals surface area contributed by atoms with Crippen LogP contribution in [0.2, 0.25) is 0 Å². The van der Waals surface area contributed by atoms with Gasteiger partial charge < -0.3 is 16.3 Å². The fourth-order valence-electron chi connectivity index (χ4n) is 1.92. The molecule has 1 aliphatic carbocycles. The van der Waals surface area contributed by atoms with Gasteiger partial charge >= 0.3 is 0 Å². The number of rotatable bonds is 6. The first-order valence-corrected chi connectivity index (χ1v) is 5.70. The van der Waals surface area contributed by atoms with E-state index in [0.29, 0.717) is 17.7 Å². The van der Waals surface area contributed by atoms with Crippen molar-refractivity contribution in [2.24, 2.45) is 22.2 Å². The lowest BCUT2D eigenvalue weighted by Gasteiger charge is -2.22. The molecule has 0 bridgehead atoms. The molecule has 0 spiro atoms. The number of hydrogen-bond donors (Lipinski definition) is 3. The van der Waals surface area contributed by atoms with Crippen LogP contribution in [-0.2, 0) is 0 Å². The second-order valence-corrected chi connectivity index (χ2v) is 5.09. The SMILES string of the molecule is CC(CC(N)=NO)NCC1(C(C)C)CC1. The third kappa shape index (κ3) is 3.38. The summed E-state index contributed by atoms with van der Waals surface area (Å²) in [7, 11) is 0. The van der Waals surface area contributed by atoms with Gasteiger partial charge in [-0.1, -0.05) is 19.0 Å². The fourth-order valence-corrected chi connectivity index (χ4v) is 1.92. The lowest BCUT2D eigenvalue weighted by molar-refractivity contribution is 0.311. The zero-order valence-corrected chi connectivity index (χ0v) is 9.95. The minimum atomic E-state index is 0.275. The molecule has 0 aromatic rings. The number of nitrogens with one attached hydrogen (secondary N) is 1. The maximum absolute atomic E-state index is 8.45. The molecule has 0 heterocycles. The lowest BCUT2D eigenvalue weighted by Crippen LogP contribution is -2.36. The van der Waals surface area contributed by atoms with Crippen molar-refractivity contribution in [2.45, 2.75) is 46.1 Å². The predicted molar refractivity (Wildman–Crippen MR) is 62.0 cm³/mol. The molecule has 0 saturated heterocycles. The Morgan fingerprint density at radius 2 is 2.07 bits per heavy atom. The normalized spacial score (nSPS) is 21.7. The van der Waals surface area contributed by atoms with E-state index >= 15 is 0 Å². The van der Waals surface area contributed by atoms with Crippen molar-refractivity contribution >= 4 is 5.84 Å². The molecular weight excluding hydrogens is 190 g/mol. The predicted octanol–water partition coefficient (Wildman–Crippen LogP) is 1.54. The van der Waals surface area contributed by atoms with Crippen molar-refractivity contribution in [3.05, 3.63) is 0 Å². The average Bonchev–Trinajstić information content (AvgIpc) is 2.95. The molecule has 1 unspecified atom stereocenters. The van der Waals surface area contributed by atoms with Crippen molar-refractivity contribution < 1.29 is 5.21 Å². The molecule has 1 fully saturated rings. The smallest absolute Gasteiger partial charge is 0.140 e. The van der Waals surface area contributed by atoms with Crippen molar-refractivity contribution in [1.29, 1.82) is 0 Å². The number of nitrogens with zero attached hydrogens (tertiary/aromatic N) is 1. The van der Waals surface area contributed by atoms with E-state index < -0.39 is 0 Å². The molecule has 4 N–H and O–H groups in total. The van der Waals surface area contributed by atoms with E-state index in [1.54, 1.807) is 0 Å². The van der Waals surface area contributed by atoms with Crippen LogP contribution in [0, 0.1) is 11.3 Å². The van der Waals surface area contributed by atoms with Crippen LogP contribution in [0.15, 0.2) is 5.16 Å². The van der Waals surface area contributed by atoms with Crippen molar-refractivity contribution in [3.63, 3.8) is 0 Å². The Bertz CT molecular complexity index is 234. The third-order valence-electron chi connectivity index (χ3n) is 3.56. The quantitative estimate of drug-likeness (QED) is 0.271. The molecule has 0 aliphatic heterocycles. The Balaban J connectivity index is 2.25. The minimum absolute atomic E-state index is 0.275. The van der Waals surface area contributed by atoms with Gasteiger partial charge in [0, 0.05) is 19.0 Å². The van der Waals surface area contributed by atoms with Gasteiger partial charge in [0.1, 0.15) is 5.84 Å². The van der Waals surface area contributed by atoms with Gasteiger partial charge in [-0.3, -0.25) is 0 Å². The van der Waals surface area contributed by atoms with Crippen LogP contribution >= 0.6 is 0 Å². The van der Waals surface area contributed by atoms with Crippen LogP contribution in [0.5, 0.6) is 0 Å². The van der Waals surface area contributed by atoms with Gasteiger partial charge in [-0.05, 0) is 31.1 Å². The number of hydrogen-bond acceptors (Lipinski definition) is 3. The van der Waals surface area contributed by atoms with Gasteiger partial charge in [0.15, 0.2) is 0 Å². The van der Waals surface area contributed by atoms with Crippen molar-refractivity contribution in [1.82, 2.24) is 5.32 Å². The summed E-state index contributed by atoms with van der Waals surface area (Å²) < 4.78 is 0. The van der Waals surface area contributed by atoms with Crippen molar-refractivity contribution in [2.75, 3.05) is 6.54 Å². The van der Waals surface area contributed by atoms with Gasteiger partial charge in [0.25, 0.3) is 0 Å². The molecule has 4 nitrogen and oxygen atoms in total. The maximum Gasteiger partial charge on any atom is 0.140 e. The van der Waals surface area contributed by atoms with Gasteiger partial charge in [-0.25, -0.2) is 0 Å². The Hall–Kier alpha value is -0.770. The van der Waals surface area contributed by atoms with Gasteiger partial charge in [0.2, 0.25) is 0 Å². The summed E-state index contributed by atoms with van der Waals surface area (Å²) >= 11 is 0. The van der Waals surface area contributed by atoms with Gasteiger partial charge in [0.05, 0.1) is 0 Å². The average molecular weight is 213 g/mol. The highest BCUT2D eigenvalue weighted by Gasteiger charge is 2.44. The molecule has 15 heavy (non-hydrogen) atoms. The highest BCUT2D eigenvalue weighted by molar-refractivity contribution is 5.80. The highest BCUT2D eigenvalue weighted by atomic mass is 16.4. The lowest BCUT2D eigenvalue weighted by atomic mass is 9.92. The van der Waals surface area contributed by atoms with Crippen LogP contribution in [0.4, 0.5) is 0 Å². The fraction of sp³-hybridized carbons (Fsp3) is 0.909. The zero-order chi connectivity index (χ0) is 11.5. The summed E-state index contributed by atoms with van der Waals surface area (Å²) in [6.07, 6.45) is 3.26. The van der Waals surface area contributed by atoms with E-state index in [0.717, 1.165) is 12.5 Å². The Labute approximate surface area is 91.9 Å². The molecule has 1 atom stereocenters. The van der Waals surface area contributed by atoms with E-state index in [4.69, 9.17) is 10.9 Å². The zero-order valence-electron chi connectivity index (χ0n) is 9.95. The molecule has 1 saturated carbocycles.